The molecule has 0 atom stereocenters. The molecule has 1 aromatic heterocycles. The zero-order valence-corrected chi connectivity index (χ0v) is 18.9. The normalized spacial score (nSPS) is 14.5. The Balaban J connectivity index is 1.39. The van der Waals surface area contributed by atoms with Gasteiger partial charge in [-0.2, -0.15) is 0 Å². The summed E-state index contributed by atoms with van der Waals surface area (Å²) in [6.45, 7) is 7.73. The quantitative estimate of drug-likeness (QED) is 0.453. The number of nitrogens with two attached hydrogens (primary N) is 1. The average molecular weight is 440 g/mol. The molecule has 3 N–H and O–H groups in total. The topological polar surface area (TPSA) is 74.5 Å². The standard InChI is InChI=1S/C27H29N5O/c1-3-12-31-13-15-32(16-14-31)19-21-17-20(2)26(29-18-21)22-8-10-23(11-9-22)27(33)30-25-7-5-4-6-24(25)28/h1,4-11,17-18H,12-16,19,28H2,2H3,(H,30,33). The van der Waals surface area contributed by atoms with Crippen LogP contribution in [0.3, 0.4) is 0 Å². The molecule has 168 valence electrons. The number of amides is 1. The molecule has 3 aromatic rings. The van der Waals surface area contributed by atoms with Crippen LogP contribution in [0, 0.1) is 19.3 Å². The molecular weight excluding hydrogens is 410 g/mol. The van der Waals surface area contributed by atoms with Crippen molar-refractivity contribution in [1.29, 1.82) is 0 Å². The van der Waals surface area contributed by atoms with Crippen LogP contribution >= 0.6 is 0 Å². The number of terminal acetylenes is 1. The minimum absolute atomic E-state index is 0.193. The van der Waals surface area contributed by atoms with Gasteiger partial charge >= 0.3 is 0 Å². The smallest absolute Gasteiger partial charge is 0.255 e. The number of hydrogen-bond acceptors (Lipinski definition) is 5. The number of pyridine rings is 1. The van der Waals surface area contributed by atoms with E-state index < -0.39 is 0 Å². The van der Waals surface area contributed by atoms with Crippen molar-refractivity contribution in [3.05, 3.63) is 77.5 Å². The van der Waals surface area contributed by atoms with Crippen LogP contribution in [-0.4, -0.2) is 53.4 Å². The van der Waals surface area contributed by atoms with Gasteiger partial charge in [-0.3, -0.25) is 19.6 Å². The number of carbonyl (C=O) groups is 1. The van der Waals surface area contributed by atoms with Gasteiger partial charge in [-0.25, -0.2) is 0 Å². The fourth-order valence-electron chi connectivity index (χ4n) is 4.10. The van der Waals surface area contributed by atoms with Crippen LogP contribution in [-0.2, 0) is 6.54 Å². The zero-order valence-electron chi connectivity index (χ0n) is 18.9. The molecule has 6 heteroatoms. The zero-order chi connectivity index (χ0) is 23.2. The van der Waals surface area contributed by atoms with Crippen LogP contribution in [0.1, 0.15) is 21.5 Å². The predicted octanol–water partition coefficient (Wildman–Crippen LogP) is 3.64. The van der Waals surface area contributed by atoms with Crippen LogP contribution in [0.5, 0.6) is 0 Å². The number of nitrogens with one attached hydrogen (secondary N) is 1. The molecule has 1 aliphatic rings. The number of rotatable bonds is 6. The van der Waals surface area contributed by atoms with Crippen molar-refractivity contribution in [3.8, 4) is 23.6 Å². The van der Waals surface area contributed by atoms with E-state index in [0.717, 1.165) is 56.1 Å². The van der Waals surface area contributed by atoms with E-state index in [2.05, 4.69) is 34.0 Å². The van der Waals surface area contributed by atoms with E-state index in [4.69, 9.17) is 17.1 Å². The van der Waals surface area contributed by atoms with Crippen LogP contribution < -0.4 is 11.1 Å². The van der Waals surface area contributed by atoms with E-state index in [9.17, 15) is 4.79 Å². The number of para-hydroxylation sites is 2. The number of nitrogen functional groups attached to an aromatic ring is 1. The monoisotopic (exact) mass is 439 g/mol. The van der Waals surface area contributed by atoms with Crippen LogP contribution in [0.15, 0.2) is 60.8 Å². The molecule has 1 aliphatic heterocycles. The van der Waals surface area contributed by atoms with Gasteiger partial charge in [0.05, 0.1) is 23.6 Å². The van der Waals surface area contributed by atoms with Gasteiger partial charge in [0.2, 0.25) is 0 Å². The summed E-state index contributed by atoms with van der Waals surface area (Å²) in [4.78, 5) is 22.1. The third kappa shape index (κ3) is 5.58. The van der Waals surface area contributed by atoms with E-state index >= 15 is 0 Å². The lowest BCUT2D eigenvalue weighted by Gasteiger charge is -2.33. The Morgan fingerprint density at radius 2 is 1.79 bits per heavy atom. The van der Waals surface area contributed by atoms with E-state index in [0.29, 0.717) is 16.9 Å². The fraction of sp³-hybridized carbons (Fsp3) is 0.259. The van der Waals surface area contributed by atoms with Crippen LogP contribution in [0.25, 0.3) is 11.3 Å². The molecule has 0 aliphatic carbocycles. The highest BCUT2D eigenvalue weighted by atomic mass is 16.1. The van der Waals surface area contributed by atoms with Crippen molar-refractivity contribution in [2.45, 2.75) is 13.5 Å². The third-order valence-electron chi connectivity index (χ3n) is 5.95. The maximum absolute atomic E-state index is 12.6. The van der Waals surface area contributed by atoms with Gasteiger partial charge in [0.1, 0.15) is 0 Å². The van der Waals surface area contributed by atoms with Gasteiger partial charge in [0.25, 0.3) is 5.91 Å². The second-order valence-electron chi connectivity index (χ2n) is 8.38. The summed E-state index contributed by atoms with van der Waals surface area (Å²) in [6, 6.07) is 16.9. The first-order valence-corrected chi connectivity index (χ1v) is 11.1. The second-order valence-corrected chi connectivity index (χ2v) is 8.38. The molecule has 0 bridgehead atoms. The largest absolute Gasteiger partial charge is 0.397 e. The first-order chi connectivity index (χ1) is 16.0. The number of anilines is 2. The van der Waals surface area contributed by atoms with Gasteiger partial charge in [-0.15, -0.1) is 6.42 Å². The van der Waals surface area contributed by atoms with Crippen LogP contribution in [0.4, 0.5) is 11.4 Å². The van der Waals surface area contributed by atoms with Crippen molar-refractivity contribution in [1.82, 2.24) is 14.8 Å². The number of benzene rings is 2. The van der Waals surface area contributed by atoms with Crippen LogP contribution in [0.2, 0.25) is 0 Å². The van der Waals surface area contributed by atoms with Crippen molar-refractivity contribution in [2.75, 3.05) is 43.8 Å². The molecular formula is C27H29N5O. The summed E-state index contributed by atoms with van der Waals surface area (Å²) >= 11 is 0. The number of aromatic nitrogens is 1. The molecule has 0 saturated carbocycles. The summed E-state index contributed by atoms with van der Waals surface area (Å²) < 4.78 is 0. The van der Waals surface area contributed by atoms with Gasteiger partial charge in [0, 0.05) is 50.0 Å². The Morgan fingerprint density at radius 1 is 1.09 bits per heavy atom. The summed E-state index contributed by atoms with van der Waals surface area (Å²) in [5.41, 5.74) is 11.9. The van der Waals surface area contributed by atoms with Gasteiger partial charge in [0.15, 0.2) is 0 Å². The summed E-state index contributed by atoms with van der Waals surface area (Å²) in [5.74, 6) is 2.53. The maximum atomic E-state index is 12.6. The van der Waals surface area contributed by atoms with Crippen molar-refractivity contribution in [3.63, 3.8) is 0 Å². The molecule has 0 unspecified atom stereocenters. The number of carbonyl (C=O) groups excluding carboxylic acids is 1. The predicted molar refractivity (Wildman–Crippen MR) is 134 cm³/mol. The van der Waals surface area contributed by atoms with Gasteiger partial charge < -0.3 is 11.1 Å². The number of hydrogen-bond donors (Lipinski definition) is 2. The Bertz CT molecular complexity index is 1160. The Morgan fingerprint density at radius 3 is 2.45 bits per heavy atom. The van der Waals surface area contributed by atoms with Crippen molar-refractivity contribution in [2.24, 2.45) is 0 Å². The summed E-state index contributed by atoms with van der Waals surface area (Å²) in [7, 11) is 0. The van der Waals surface area contributed by atoms with Gasteiger partial charge in [-0.1, -0.05) is 36.3 Å². The van der Waals surface area contributed by atoms with Crippen molar-refractivity contribution >= 4 is 17.3 Å². The number of nitrogens with zero attached hydrogens (tertiary/aromatic N) is 3. The minimum atomic E-state index is -0.193. The molecule has 0 spiro atoms. The Hall–Kier alpha value is -3.66. The van der Waals surface area contributed by atoms with E-state index in [-0.39, 0.29) is 5.91 Å². The molecule has 1 saturated heterocycles. The summed E-state index contributed by atoms with van der Waals surface area (Å²) in [5, 5.41) is 2.86. The highest BCUT2D eigenvalue weighted by Crippen LogP contribution is 2.24. The molecule has 2 heterocycles. The molecule has 1 amide bonds. The fourth-order valence-corrected chi connectivity index (χ4v) is 4.10. The highest BCUT2D eigenvalue weighted by molar-refractivity contribution is 6.05. The second kappa shape index (κ2) is 10.3. The van der Waals surface area contributed by atoms with E-state index in [1.807, 2.05) is 42.6 Å². The summed E-state index contributed by atoms with van der Waals surface area (Å²) in [6.07, 6.45) is 7.37. The van der Waals surface area contributed by atoms with E-state index in [1.165, 1.54) is 5.56 Å². The third-order valence-corrected chi connectivity index (χ3v) is 5.95. The van der Waals surface area contributed by atoms with Gasteiger partial charge in [-0.05, 0) is 42.3 Å². The lowest BCUT2D eigenvalue weighted by molar-refractivity contribution is 0.102. The van der Waals surface area contributed by atoms with Crippen molar-refractivity contribution < 1.29 is 4.79 Å². The number of piperazine rings is 1. The molecule has 1 fully saturated rings. The first kappa shape index (κ1) is 22.5. The highest BCUT2D eigenvalue weighted by Gasteiger charge is 2.17. The lowest BCUT2D eigenvalue weighted by Crippen LogP contribution is -2.45. The van der Waals surface area contributed by atoms with E-state index in [1.54, 1.807) is 12.1 Å². The Kier molecular flexibility index (Phi) is 7.04. The average Bonchev–Trinajstić information content (AvgIpc) is 2.82. The molecule has 6 nitrogen and oxygen atoms in total. The molecule has 2 aromatic carbocycles. The molecule has 0 radical (unpaired) electrons. The number of aryl methyl sites for hydroxylation is 1. The SMILES string of the molecule is C#CCN1CCN(Cc2cnc(-c3ccc(C(=O)Nc4ccccc4N)cc3)c(C)c2)CC1. The maximum Gasteiger partial charge on any atom is 0.255 e. The lowest BCUT2D eigenvalue weighted by atomic mass is 10.0. The molecule has 4 rings (SSSR count). The minimum Gasteiger partial charge on any atom is -0.397 e. The molecule has 33 heavy (non-hydrogen) atoms. The Labute approximate surface area is 195 Å². The first-order valence-electron chi connectivity index (χ1n) is 11.1.